The number of thiazole rings is 1. The molecule has 210 valence electrons. The highest BCUT2D eigenvalue weighted by Gasteiger charge is 2.19. The van der Waals surface area contributed by atoms with Crippen molar-refractivity contribution in [2.45, 2.75) is 6.54 Å². The number of fused-ring (bicyclic) bond motifs is 1. The van der Waals surface area contributed by atoms with E-state index in [1.807, 2.05) is 84.7 Å². The number of ether oxygens (including phenoxy) is 1. The van der Waals surface area contributed by atoms with E-state index in [0.717, 1.165) is 83.6 Å². The number of para-hydroxylation sites is 1. The topological polar surface area (TPSA) is 75.5 Å². The number of hydrogen-bond donors (Lipinski definition) is 1. The molecule has 0 radical (unpaired) electrons. The molecule has 1 N–H and O–H groups in total. The molecule has 0 atom stereocenters. The van der Waals surface area contributed by atoms with Gasteiger partial charge in [0.25, 0.3) is 5.91 Å². The van der Waals surface area contributed by atoms with E-state index in [1.165, 1.54) is 5.56 Å². The summed E-state index contributed by atoms with van der Waals surface area (Å²) in [5.41, 5.74) is 6.34. The van der Waals surface area contributed by atoms with Gasteiger partial charge in [0, 0.05) is 76.9 Å². The van der Waals surface area contributed by atoms with E-state index in [0.29, 0.717) is 5.69 Å². The smallest absolute Gasteiger partial charge is 0.272 e. The summed E-state index contributed by atoms with van der Waals surface area (Å²) >= 11 is 1.54. The van der Waals surface area contributed by atoms with E-state index in [1.54, 1.807) is 18.4 Å². The van der Waals surface area contributed by atoms with Gasteiger partial charge in [0.05, 0.1) is 12.3 Å². The fourth-order valence-corrected chi connectivity index (χ4v) is 6.19. The maximum absolute atomic E-state index is 13.4. The first kappa shape index (κ1) is 27.3. The second-order valence-corrected chi connectivity index (χ2v) is 11.4. The van der Waals surface area contributed by atoms with Crippen LogP contribution in [0.4, 0.5) is 5.69 Å². The Balaban J connectivity index is 1.17. The number of pyridine rings is 1. The van der Waals surface area contributed by atoms with E-state index in [4.69, 9.17) is 14.7 Å². The highest BCUT2D eigenvalue weighted by molar-refractivity contribution is 7.21. The monoisotopic (exact) mass is 566 g/mol. The van der Waals surface area contributed by atoms with Crippen molar-refractivity contribution < 1.29 is 9.53 Å². The Morgan fingerprint density at radius 1 is 0.976 bits per heavy atom. The Bertz CT molecular complexity index is 1640. The first-order valence-corrected chi connectivity index (χ1v) is 14.7. The molecule has 1 aliphatic heterocycles. The Hall–Kier alpha value is -3.89. The van der Waals surface area contributed by atoms with Crippen LogP contribution in [0.1, 0.15) is 16.1 Å². The fraction of sp³-hybridized carbons (Fsp3) is 0.281. The number of hydrogen-bond acceptors (Lipinski definition) is 7. The first-order valence-electron chi connectivity index (χ1n) is 13.9. The molecule has 3 aromatic heterocycles. The standard InChI is InChI=1S/C32H34N6O2S/c1-36-22-25(24-8-4-3-5-9-24)19-29(36)30(39)34-27-11-7-6-10-26(27)31-35-28-18-23(20-33-32(28)41-31)21-38-14-12-37(13-15-38)16-17-40-2/h3-11,18-20,22H,12-17,21H2,1-2H3,(H,34,39). The van der Waals surface area contributed by atoms with Crippen molar-refractivity contribution >= 4 is 33.3 Å². The quantitative estimate of drug-likeness (QED) is 0.258. The zero-order valence-electron chi connectivity index (χ0n) is 23.4. The predicted octanol–water partition coefficient (Wildman–Crippen LogP) is 5.38. The molecule has 1 saturated heterocycles. The molecule has 0 spiro atoms. The molecule has 41 heavy (non-hydrogen) atoms. The van der Waals surface area contributed by atoms with Crippen LogP contribution >= 0.6 is 11.3 Å². The summed E-state index contributed by atoms with van der Waals surface area (Å²) in [6, 6.07) is 22.0. The highest BCUT2D eigenvalue weighted by Crippen LogP contribution is 2.34. The number of methoxy groups -OCH3 is 1. The number of aryl methyl sites for hydroxylation is 1. The van der Waals surface area contributed by atoms with Gasteiger partial charge in [-0.05, 0) is 35.4 Å². The van der Waals surface area contributed by atoms with Crippen molar-refractivity contribution in [3.05, 3.63) is 90.4 Å². The van der Waals surface area contributed by atoms with Crippen LogP contribution < -0.4 is 5.32 Å². The van der Waals surface area contributed by atoms with Crippen molar-refractivity contribution in [3.63, 3.8) is 0 Å². The third-order valence-electron chi connectivity index (χ3n) is 7.54. The van der Waals surface area contributed by atoms with Crippen LogP contribution in [0.2, 0.25) is 0 Å². The van der Waals surface area contributed by atoms with Gasteiger partial charge in [-0.2, -0.15) is 0 Å². The number of amides is 1. The minimum Gasteiger partial charge on any atom is -0.383 e. The molecule has 1 amide bonds. The number of piperazine rings is 1. The maximum Gasteiger partial charge on any atom is 0.272 e. The van der Waals surface area contributed by atoms with Crippen LogP contribution in [-0.4, -0.2) is 76.7 Å². The Morgan fingerprint density at radius 3 is 2.54 bits per heavy atom. The molecule has 2 aromatic carbocycles. The highest BCUT2D eigenvalue weighted by atomic mass is 32.1. The van der Waals surface area contributed by atoms with Gasteiger partial charge in [-0.15, -0.1) is 0 Å². The van der Waals surface area contributed by atoms with Crippen LogP contribution in [0, 0.1) is 0 Å². The summed E-state index contributed by atoms with van der Waals surface area (Å²) in [7, 11) is 3.65. The number of rotatable bonds is 9. The summed E-state index contributed by atoms with van der Waals surface area (Å²) in [4.78, 5) is 28.9. The zero-order valence-corrected chi connectivity index (χ0v) is 24.2. The third kappa shape index (κ3) is 6.23. The number of anilines is 1. The van der Waals surface area contributed by atoms with E-state index in [2.05, 4.69) is 21.2 Å². The Kier molecular flexibility index (Phi) is 8.20. The van der Waals surface area contributed by atoms with Crippen LogP contribution in [0.15, 0.2) is 79.1 Å². The van der Waals surface area contributed by atoms with Crippen molar-refractivity contribution in [2.75, 3.05) is 51.8 Å². The second kappa shape index (κ2) is 12.3. The fourth-order valence-electron chi connectivity index (χ4n) is 5.26. The minimum absolute atomic E-state index is 0.161. The van der Waals surface area contributed by atoms with Gasteiger partial charge in [-0.3, -0.25) is 14.6 Å². The van der Waals surface area contributed by atoms with Crippen LogP contribution in [-0.2, 0) is 18.3 Å². The summed E-state index contributed by atoms with van der Waals surface area (Å²) in [6.07, 6.45) is 3.95. The number of nitrogens with one attached hydrogen (secondary N) is 1. The summed E-state index contributed by atoms with van der Waals surface area (Å²) in [6.45, 7) is 6.80. The lowest BCUT2D eigenvalue weighted by Crippen LogP contribution is -2.46. The third-order valence-corrected chi connectivity index (χ3v) is 8.55. The molecule has 0 saturated carbocycles. The molecular weight excluding hydrogens is 532 g/mol. The summed E-state index contributed by atoms with van der Waals surface area (Å²) < 4.78 is 7.08. The lowest BCUT2D eigenvalue weighted by Gasteiger charge is -2.34. The molecule has 1 aliphatic rings. The predicted molar refractivity (Wildman–Crippen MR) is 165 cm³/mol. The van der Waals surface area contributed by atoms with Crippen molar-refractivity contribution in [2.24, 2.45) is 7.05 Å². The SMILES string of the molecule is COCCN1CCN(Cc2cnc3sc(-c4ccccc4NC(=O)c4cc(-c5ccccc5)cn4C)nc3c2)CC1. The number of benzene rings is 2. The number of nitrogens with zero attached hydrogens (tertiary/aromatic N) is 5. The Morgan fingerprint density at radius 2 is 1.73 bits per heavy atom. The van der Waals surface area contributed by atoms with Crippen LogP contribution in [0.25, 0.3) is 32.0 Å². The largest absolute Gasteiger partial charge is 0.383 e. The normalized spacial score (nSPS) is 14.5. The first-order chi connectivity index (χ1) is 20.1. The molecule has 8 nitrogen and oxygen atoms in total. The van der Waals surface area contributed by atoms with Gasteiger partial charge >= 0.3 is 0 Å². The maximum atomic E-state index is 13.4. The molecule has 5 aromatic rings. The van der Waals surface area contributed by atoms with Crippen LogP contribution in [0.3, 0.4) is 0 Å². The van der Waals surface area contributed by atoms with E-state index in [-0.39, 0.29) is 5.91 Å². The average molecular weight is 567 g/mol. The van der Waals surface area contributed by atoms with Crippen molar-refractivity contribution in [1.29, 1.82) is 0 Å². The van der Waals surface area contributed by atoms with Crippen molar-refractivity contribution in [3.8, 4) is 21.7 Å². The van der Waals surface area contributed by atoms with E-state index in [9.17, 15) is 4.79 Å². The van der Waals surface area contributed by atoms with Gasteiger partial charge in [0.2, 0.25) is 0 Å². The summed E-state index contributed by atoms with van der Waals surface area (Å²) in [5.74, 6) is -0.161. The van der Waals surface area contributed by atoms with Crippen LogP contribution in [0.5, 0.6) is 0 Å². The lowest BCUT2D eigenvalue weighted by molar-refractivity contribution is 0.0938. The molecule has 6 rings (SSSR count). The van der Waals surface area contributed by atoms with Gasteiger partial charge < -0.3 is 14.6 Å². The molecule has 0 bridgehead atoms. The molecule has 0 unspecified atom stereocenters. The Labute approximate surface area is 244 Å². The van der Waals surface area contributed by atoms with Crippen molar-refractivity contribution in [1.82, 2.24) is 24.3 Å². The van der Waals surface area contributed by atoms with Gasteiger partial charge in [0.1, 0.15) is 21.0 Å². The van der Waals surface area contributed by atoms with E-state index < -0.39 is 0 Å². The molecule has 4 heterocycles. The number of carbonyl (C=O) groups is 1. The van der Waals surface area contributed by atoms with E-state index >= 15 is 0 Å². The minimum atomic E-state index is -0.161. The lowest BCUT2D eigenvalue weighted by atomic mass is 10.1. The van der Waals surface area contributed by atoms with Gasteiger partial charge in [-0.25, -0.2) is 9.97 Å². The number of carbonyl (C=O) groups excluding carboxylic acids is 1. The molecule has 9 heteroatoms. The zero-order chi connectivity index (χ0) is 28.2. The second-order valence-electron chi connectivity index (χ2n) is 10.4. The van der Waals surface area contributed by atoms with Gasteiger partial charge in [-0.1, -0.05) is 53.8 Å². The average Bonchev–Trinajstić information content (AvgIpc) is 3.61. The molecule has 0 aliphatic carbocycles. The molecular formula is C32H34N6O2S. The summed E-state index contributed by atoms with van der Waals surface area (Å²) in [5, 5.41) is 3.96. The molecule has 1 fully saturated rings. The van der Waals surface area contributed by atoms with Gasteiger partial charge in [0.15, 0.2) is 0 Å². The number of aromatic nitrogens is 3.